The lowest BCUT2D eigenvalue weighted by Gasteiger charge is -2.22. The average molecular weight is 397 g/mol. The quantitative estimate of drug-likeness (QED) is 0.719. The van der Waals surface area contributed by atoms with E-state index in [0.717, 1.165) is 11.1 Å². The average Bonchev–Trinajstić information content (AvgIpc) is 3.00. The third-order valence-electron chi connectivity index (χ3n) is 4.18. The van der Waals surface area contributed by atoms with Crippen molar-refractivity contribution in [3.05, 3.63) is 52.8 Å². The van der Waals surface area contributed by atoms with Crippen LogP contribution in [0, 0.1) is 0 Å². The Balaban J connectivity index is 1.95. The molecule has 1 aromatic heterocycles. The molecule has 0 fully saturated rings. The molecule has 1 unspecified atom stereocenters. The molecule has 0 aliphatic carbocycles. The summed E-state index contributed by atoms with van der Waals surface area (Å²) in [7, 11) is -2.21. The van der Waals surface area contributed by atoms with Gasteiger partial charge < -0.3 is 9.47 Å². The molecule has 8 heteroatoms. The van der Waals surface area contributed by atoms with E-state index < -0.39 is 10.0 Å². The number of pyridine rings is 1. The van der Waals surface area contributed by atoms with Crippen molar-refractivity contribution in [3.63, 3.8) is 0 Å². The van der Waals surface area contributed by atoms with Gasteiger partial charge >= 0.3 is 0 Å². The monoisotopic (exact) mass is 396 g/mol. The fourth-order valence-electron chi connectivity index (χ4n) is 2.93. The van der Waals surface area contributed by atoms with E-state index in [1.54, 1.807) is 31.6 Å². The molecular weight excluding hydrogens is 376 g/mol. The highest BCUT2D eigenvalue weighted by atomic mass is 35.5. The molecule has 3 rings (SSSR count). The Kier molecular flexibility index (Phi) is 5.82. The third-order valence-corrected chi connectivity index (χ3v) is 6.29. The van der Waals surface area contributed by atoms with Crippen molar-refractivity contribution in [2.75, 3.05) is 20.3 Å². The molecule has 0 saturated carbocycles. The molecule has 140 valence electrons. The molecular formula is C18H21ClN2O4S. The molecule has 6 nitrogen and oxygen atoms in total. The van der Waals surface area contributed by atoms with E-state index in [4.69, 9.17) is 21.1 Å². The molecule has 0 radical (unpaired) electrons. The minimum atomic E-state index is -3.75. The Morgan fingerprint density at radius 3 is 2.92 bits per heavy atom. The number of methoxy groups -OCH3 is 1. The van der Waals surface area contributed by atoms with Crippen molar-refractivity contribution in [1.82, 2.24) is 9.29 Å². The lowest BCUT2D eigenvalue weighted by Crippen LogP contribution is -2.33. The van der Waals surface area contributed by atoms with Crippen LogP contribution in [0.15, 0.2) is 41.6 Å². The number of fused-ring (bicyclic) bond motifs is 1. The van der Waals surface area contributed by atoms with E-state index in [1.165, 1.54) is 10.4 Å². The molecule has 0 spiro atoms. The molecule has 0 saturated heterocycles. The fraction of sp³-hybridized carbons (Fsp3) is 0.389. The first-order chi connectivity index (χ1) is 12.4. The number of sulfonamides is 1. The first kappa shape index (κ1) is 19.1. The predicted molar refractivity (Wildman–Crippen MR) is 99.0 cm³/mol. The second-order valence-electron chi connectivity index (χ2n) is 6.22. The highest BCUT2D eigenvalue weighted by Crippen LogP contribution is 2.38. The highest BCUT2D eigenvalue weighted by Gasteiger charge is 2.29. The molecule has 0 bridgehead atoms. The summed E-state index contributed by atoms with van der Waals surface area (Å²) in [5, 5.41) is 0.318. The molecule has 1 atom stereocenters. The van der Waals surface area contributed by atoms with Crippen LogP contribution < -0.4 is 4.74 Å². The van der Waals surface area contributed by atoms with Gasteiger partial charge in [0, 0.05) is 44.6 Å². The van der Waals surface area contributed by atoms with E-state index >= 15 is 0 Å². The summed E-state index contributed by atoms with van der Waals surface area (Å²) >= 11 is 6.27. The largest absolute Gasteiger partial charge is 0.489 e. The summed E-state index contributed by atoms with van der Waals surface area (Å²) < 4.78 is 38.6. The maximum Gasteiger partial charge on any atom is 0.243 e. The van der Waals surface area contributed by atoms with Gasteiger partial charge in [-0.2, -0.15) is 4.31 Å². The summed E-state index contributed by atoms with van der Waals surface area (Å²) in [5.41, 5.74) is 1.62. The summed E-state index contributed by atoms with van der Waals surface area (Å²) in [6, 6.07) is 6.73. The van der Waals surface area contributed by atoms with Crippen LogP contribution in [0.5, 0.6) is 5.75 Å². The van der Waals surface area contributed by atoms with Crippen LogP contribution in [0.1, 0.15) is 18.1 Å². The minimum absolute atomic E-state index is 0.0135. The van der Waals surface area contributed by atoms with Gasteiger partial charge in [0.1, 0.15) is 11.9 Å². The van der Waals surface area contributed by atoms with E-state index in [-0.39, 0.29) is 30.7 Å². The molecule has 1 aliphatic rings. The maximum atomic E-state index is 13.2. The van der Waals surface area contributed by atoms with Gasteiger partial charge in [-0.1, -0.05) is 17.7 Å². The molecule has 1 aliphatic heterocycles. The van der Waals surface area contributed by atoms with Crippen LogP contribution >= 0.6 is 11.6 Å². The number of nitrogens with zero attached hydrogens (tertiary/aromatic N) is 2. The smallest absolute Gasteiger partial charge is 0.243 e. The van der Waals surface area contributed by atoms with Crippen molar-refractivity contribution >= 4 is 21.6 Å². The Bertz CT molecular complexity index is 874. The first-order valence-electron chi connectivity index (χ1n) is 8.29. The second kappa shape index (κ2) is 7.92. The lowest BCUT2D eigenvalue weighted by atomic mass is 10.1. The number of rotatable bonds is 7. The van der Waals surface area contributed by atoms with Gasteiger partial charge in [0.25, 0.3) is 0 Å². The Hall–Kier alpha value is -1.67. The number of aromatic nitrogens is 1. The van der Waals surface area contributed by atoms with Crippen LogP contribution in [0.25, 0.3) is 0 Å². The van der Waals surface area contributed by atoms with Crippen LogP contribution in [-0.2, 0) is 27.7 Å². The standard InChI is InChI=1S/C18H21ClN2O4S/c1-13-8-15-9-16(10-17(19)18(15)25-13)26(22,23)21(6-7-24-2)12-14-4-3-5-20-11-14/h3-5,9-11,13H,6-8,12H2,1-2H3. The van der Waals surface area contributed by atoms with Crippen molar-refractivity contribution < 1.29 is 17.9 Å². The number of benzene rings is 1. The zero-order valence-corrected chi connectivity index (χ0v) is 16.3. The minimum Gasteiger partial charge on any atom is -0.489 e. The SMILES string of the molecule is COCCN(Cc1cccnc1)S(=O)(=O)c1cc(Cl)c2c(c1)CC(C)O2. The number of halogens is 1. The Morgan fingerprint density at radius 1 is 1.42 bits per heavy atom. The Labute approximate surface area is 158 Å². The van der Waals surface area contributed by atoms with Crippen molar-refractivity contribution in [2.24, 2.45) is 0 Å². The first-order valence-corrected chi connectivity index (χ1v) is 10.1. The van der Waals surface area contributed by atoms with Gasteiger partial charge in [-0.15, -0.1) is 0 Å². The highest BCUT2D eigenvalue weighted by molar-refractivity contribution is 7.89. The van der Waals surface area contributed by atoms with Crippen molar-refractivity contribution in [2.45, 2.75) is 30.9 Å². The third kappa shape index (κ3) is 4.01. The van der Waals surface area contributed by atoms with Gasteiger partial charge in [0.05, 0.1) is 16.5 Å². The normalized spacial score (nSPS) is 16.5. The van der Waals surface area contributed by atoms with Gasteiger partial charge in [-0.25, -0.2) is 8.42 Å². The van der Waals surface area contributed by atoms with E-state index in [0.29, 0.717) is 17.2 Å². The fourth-order valence-corrected chi connectivity index (χ4v) is 4.77. The van der Waals surface area contributed by atoms with E-state index in [2.05, 4.69) is 4.98 Å². The number of ether oxygens (including phenoxy) is 2. The lowest BCUT2D eigenvalue weighted by molar-refractivity contribution is 0.177. The van der Waals surface area contributed by atoms with Gasteiger partial charge in [0.2, 0.25) is 10.0 Å². The molecule has 0 N–H and O–H groups in total. The number of hydrogen-bond donors (Lipinski definition) is 0. The Morgan fingerprint density at radius 2 is 2.23 bits per heavy atom. The van der Waals surface area contributed by atoms with Gasteiger partial charge in [-0.05, 0) is 30.7 Å². The van der Waals surface area contributed by atoms with Gasteiger partial charge in [-0.3, -0.25) is 4.98 Å². The molecule has 2 heterocycles. The van der Waals surface area contributed by atoms with Crippen LogP contribution in [0.3, 0.4) is 0 Å². The molecule has 0 amide bonds. The molecule has 26 heavy (non-hydrogen) atoms. The summed E-state index contributed by atoms with van der Waals surface area (Å²) in [4.78, 5) is 4.22. The van der Waals surface area contributed by atoms with Crippen molar-refractivity contribution in [3.8, 4) is 5.75 Å². The van der Waals surface area contributed by atoms with E-state index in [9.17, 15) is 8.42 Å². The summed E-state index contributed by atoms with van der Waals surface area (Å²) in [6.07, 6.45) is 3.93. The maximum absolute atomic E-state index is 13.2. The zero-order chi connectivity index (χ0) is 18.7. The summed E-state index contributed by atoms with van der Waals surface area (Å²) in [6.45, 7) is 2.66. The van der Waals surface area contributed by atoms with Gasteiger partial charge in [0.15, 0.2) is 0 Å². The zero-order valence-electron chi connectivity index (χ0n) is 14.7. The van der Waals surface area contributed by atoms with E-state index in [1.807, 2.05) is 13.0 Å². The predicted octanol–water partition coefficient (Wildman–Crippen LogP) is 2.90. The summed E-state index contributed by atoms with van der Waals surface area (Å²) in [5.74, 6) is 0.578. The topological polar surface area (TPSA) is 68.7 Å². The molecule has 2 aromatic rings. The number of hydrogen-bond acceptors (Lipinski definition) is 5. The van der Waals surface area contributed by atoms with Crippen LogP contribution in [0.4, 0.5) is 0 Å². The van der Waals surface area contributed by atoms with Crippen LogP contribution in [-0.4, -0.2) is 44.1 Å². The van der Waals surface area contributed by atoms with Crippen molar-refractivity contribution in [1.29, 1.82) is 0 Å². The second-order valence-corrected chi connectivity index (χ2v) is 8.56. The molecule has 1 aromatic carbocycles. The van der Waals surface area contributed by atoms with Crippen LogP contribution in [0.2, 0.25) is 5.02 Å².